The van der Waals surface area contributed by atoms with Gasteiger partial charge in [-0.1, -0.05) is 13.8 Å². The van der Waals surface area contributed by atoms with E-state index in [9.17, 15) is 14.0 Å². The summed E-state index contributed by atoms with van der Waals surface area (Å²) in [6.45, 7) is 3.34. The fraction of sp³-hybridized carbons (Fsp3) is 0.556. The van der Waals surface area contributed by atoms with Gasteiger partial charge >= 0.3 is 11.9 Å². The highest BCUT2D eigenvalue weighted by Gasteiger charge is 2.61. The van der Waals surface area contributed by atoms with Crippen molar-refractivity contribution in [3.63, 3.8) is 0 Å². The SMILES string of the molecule is CC1(C)[C@H](C(=O)O)[C@@H]1/C=C(/F)C(=O)O. The van der Waals surface area contributed by atoms with E-state index >= 15 is 0 Å². The Morgan fingerprint density at radius 2 is 1.86 bits per heavy atom. The van der Waals surface area contributed by atoms with Crippen LogP contribution in [0.2, 0.25) is 0 Å². The molecule has 2 N–H and O–H groups in total. The maximum absolute atomic E-state index is 12.7. The standard InChI is InChI=1S/C9H11FO4/c1-9(2)4(6(9)8(13)14)3-5(10)7(11)12/h3-4,6H,1-2H3,(H,11,12)(H,13,14)/b5-3+/t4-,6-/m0/s1. The molecule has 0 amide bonds. The predicted octanol–water partition coefficient (Wildman–Crippen LogP) is 1.28. The lowest BCUT2D eigenvalue weighted by atomic mass is 10.1. The summed E-state index contributed by atoms with van der Waals surface area (Å²) in [6.07, 6.45) is 0.876. The van der Waals surface area contributed by atoms with Crippen molar-refractivity contribution in [3.8, 4) is 0 Å². The van der Waals surface area contributed by atoms with Gasteiger partial charge in [-0.15, -0.1) is 0 Å². The van der Waals surface area contributed by atoms with Crippen molar-refractivity contribution in [2.45, 2.75) is 13.8 Å². The molecular formula is C9H11FO4. The van der Waals surface area contributed by atoms with Crippen LogP contribution in [-0.4, -0.2) is 22.2 Å². The highest BCUT2D eigenvalue weighted by Crippen LogP contribution is 2.59. The molecule has 0 bridgehead atoms. The minimum absolute atomic E-state index is 0.531. The third-order valence-electron chi connectivity index (χ3n) is 2.71. The first-order valence-corrected chi connectivity index (χ1v) is 4.12. The molecule has 1 fully saturated rings. The number of carboxylic acids is 2. The first kappa shape index (κ1) is 10.7. The van der Waals surface area contributed by atoms with Crippen molar-refractivity contribution in [2.75, 3.05) is 0 Å². The van der Waals surface area contributed by atoms with E-state index in [1.165, 1.54) is 0 Å². The van der Waals surface area contributed by atoms with Crippen LogP contribution >= 0.6 is 0 Å². The smallest absolute Gasteiger partial charge is 0.364 e. The van der Waals surface area contributed by atoms with Crippen molar-refractivity contribution in [1.29, 1.82) is 0 Å². The van der Waals surface area contributed by atoms with E-state index in [4.69, 9.17) is 10.2 Å². The van der Waals surface area contributed by atoms with Crippen LogP contribution in [0, 0.1) is 17.3 Å². The average molecular weight is 202 g/mol. The van der Waals surface area contributed by atoms with Crippen LogP contribution in [0.4, 0.5) is 4.39 Å². The fourth-order valence-corrected chi connectivity index (χ4v) is 1.69. The van der Waals surface area contributed by atoms with E-state index in [1.54, 1.807) is 13.8 Å². The van der Waals surface area contributed by atoms with E-state index in [0.717, 1.165) is 6.08 Å². The quantitative estimate of drug-likeness (QED) is 0.676. The third kappa shape index (κ3) is 1.62. The van der Waals surface area contributed by atoms with Crippen LogP contribution in [0.5, 0.6) is 0 Å². The molecule has 2 atom stereocenters. The van der Waals surface area contributed by atoms with E-state index < -0.39 is 35.0 Å². The van der Waals surface area contributed by atoms with Gasteiger partial charge in [-0.05, 0) is 17.4 Å². The second-order valence-electron chi connectivity index (χ2n) is 3.98. The Bertz CT molecular complexity index is 319. The molecule has 0 saturated heterocycles. The van der Waals surface area contributed by atoms with Gasteiger partial charge in [0.05, 0.1) is 5.92 Å². The molecule has 1 aliphatic carbocycles. The maximum Gasteiger partial charge on any atom is 0.364 e. The molecule has 0 radical (unpaired) electrons. The van der Waals surface area contributed by atoms with Crippen molar-refractivity contribution in [3.05, 3.63) is 11.9 Å². The van der Waals surface area contributed by atoms with Gasteiger partial charge in [-0.3, -0.25) is 4.79 Å². The zero-order chi connectivity index (χ0) is 11.1. The Morgan fingerprint density at radius 1 is 1.36 bits per heavy atom. The molecule has 14 heavy (non-hydrogen) atoms. The van der Waals surface area contributed by atoms with E-state index in [0.29, 0.717) is 0 Å². The molecule has 0 aliphatic heterocycles. The third-order valence-corrected chi connectivity index (χ3v) is 2.71. The summed E-state index contributed by atoms with van der Waals surface area (Å²) >= 11 is 0. The van der Waals surface area contributed by atoms with Crippen LogP contribution in [0.25, 0.3) is 0 Å². The second kappa shape index (κ2) is 3.08. The summed E-state index contributed by atoms with van der Waals surface area (Å²) in [4.78, 5) is 20.8. The van der Waals surface area contributed by atoms with Gasteiger partial charge in [0.2, 0.25) is 5.83 Å². The molecule has 1 saturated carbocycles. The molecule has 0 heterocycles. The maximum atomic E-state index is 12.7. The molecule has 1 rings (SSSR count). The van der Waals surface area contributed by atoms with E-state index in [2.05, 4.69) is 0 Å². The molecule has 0 aromatic rings. The van der Waals surface area contributed by atoms with Crippen molar-refractivity contribution < 1.29 is 24.2 Å². The highest BCUT2D eigenvalue weighted by molar-refractivity contribution is 5.84. The van der Waals surface area contributed by atoms with Gasteiger partial charge in [0.25, 0.3) is 0 Å². The summed E-state index contributed by atoms with van der Waals surface area (Å²) in [6, 6.07) is 0. The Kier molecular flexibility index (Phi) is 2.35. The van der Waals surface area contributed by atoms with Crippen molar-refractivity contribution in [2.24, 2.45) is 17.3 Å². The minimum Gasteiger partial charge on any atom is -0.481 e. The largest absolute Gasteiger partial charge is 0.481 e. The molecule has 78 valence electrons. The minimum atomic E-state index is -1.66. The van der Waals surface area contributed by atoms with Gasteiger partial charge in [0, 0.05) is 0 Å². The molecule has 0 aromatic heterocycles. The Labute approximate surface area is 80.0 Å². The number of hydrogen-bond donors (Lipinski definition) is 2. The molecular weight excluding hydrogens is 191 g/mol. The molecule has 0 unspecified atom stereocenters. The zero-order valence-corrected chi connectivity index (χ0v) is 7.82. The molecule has 5 heteroatoms. The second-order valence-corrected chi connectivity index (χ2v) is 3.98. The first-order valence-electron chi connectivity index (χ1n) is 4.12. The van der Waals surface area contributed by atoms with Gasteiger partial charge < -0.3 is 10.2 Å². The van der Waals surface area contributed by atoms with Crippen LogP contribution in [0.15, 0.2) is 11.9 Å². The monoisotopic (exact) mass is 202 g/mol. The Morgan fingerprint density at radius 3 is 2.14 bits per heavy atom. The summed E-state index contributed by atoms with van der Waals surface area (Å²) in [5, 5.41) is 17.0. The normalized spacial score (nSPS) is 29.8. The Balaban J connectivity index is 2.80. The fourth-order valence-electron chi connectivity index (χ4n) is 1.69. The molecule has 0 aromatic carbocycles. The Hall–Kier alpha value is -1.39. The number of carboxylic acid groups (broad SMARTS) is 2. The van der Waals surface area contributed by atoms with Crippen LogP contribution in [-0.2, 0) is 9.59 Å². The van der Waals surface area contributed by atoms with Gasteiger partial charge in [-0.2, -0.15) is 4.39 Å². The summed E-state index contributed by atoms with van der Waals surface area (Å²) in [5.74, 6) is -5.18. The van der Waals surface area contributed by atoms with Gasteiger partial charge in [0.1, 0.15) is 0 Å². The highest BCUT2D eigenvalue weighted by atomic mass is 19.1. The molecule has 1 aliphatic rings. The number of rotatable bonds is 3. The summed E-state index contributed by atoms with van der Waals surface area (Å²) in [5.41, 5.74) is -0.557. The predicted molar refractivity (Wildman–Crippen MR) is 45.2 cm³/mol. The van der Waals surface area contributed by atoms with Gasteiger partial charge in [-0.25, -0.2) is 4.79 Å². The summed E-state index contributed by atoms with van der Waals surface area (Å²) in [7, 11) is 0. The number of hydrogen-bond acceptors (Lipinski definition) is 2. The molecule has 0 spiro atoms. The van der Waals surface area contributed by atoms with E-state index in [-0.39, 0.29) is 0 Å². The molecule has 4 nitrogen and oxygen atoms in total. The zero-order valence-electron chi connectivity index (χ0n) is 7.82. The van der Waals surface area contributed by atoms with Crippen LogP contribution in [0.1, 0.15) is 13.8 Å². The topological polar surface area (TPSA) is 74.6 Å². The average Bonchev–Trinajstić information content (AvgIpc) is 2.52. The van der Waals surface area contributed by atoms with Crippen LogP contribution < -0.4 is 0 Å². The number of aliphatic carboxylic acids is 2. The number of carbonyl (C=O) groups is 2. The lowest BCUT2D eigenvalue weighted by molar-refractivity contribution is -0.139. The van der Waals surface area contributed by atoms with E-state index in [1.807, 2.05) is 0 Å². The lowest BCUT2D eigenvalue weighted by Crippen LogP contribution is -2.03. The number of halogens is 1. The van der Waals surface area contributed by atoms with Crippen molar-refractivity contribution >= 4 is 11.9 Å². The van der Waals surface area contributed by atoms with Gasteiger partial charge in [0.15, 0.2) is 0 Å². The first-order chi connectivity index (χ1) is 6.28. The number of allylic oxidation sites excluding steroid dienone is 1. The van der Waals surface area contributed by atoms with Crippen LogP contribution in [0.3, 0.4) is 0 Å². The summed E-state index contributed by atoms with van der Waals surface area (Å²) < 4.78 is 12.7. The lowest BCUT2D eigenvalue weighted by Gasteiger charge is -1.96. The van der Waals surface area contributed by atoms with Crippen molar-refractivity contribution in [1.82, 2.24) is 0 Å².